The molecule has 5 nitrogen and oxygen atoms in total. The van der Waals surface area contributed by atoms with Crippen LogP contribution in [0.1, 0.15) is 30.4 Å². The number of phenolic OH excluding ortho intramolecular Hbond substituents is 1. The minimum absolute atomic E-state index is 0.00848. The summed E-state index contributed by atoms with van der Waals surface area (Å²) in [5.41, 5.74) is 0.518. The van der Waals surface area contributed by atoms with Crippen LogP contribution in [-0.4, -0.2) is 57.2 Å². The van der Waals surface area contributed by atoms with Crippen LogP contribution < -0.4 is 4.74 Å². The minimum Gasteiger partial charge on any atom is -0.504 e. The van der Waals surface area contributed by atoms with E-state index in [0.29, 0.717) is 18.6 Å². The maximum atomic E-state index is 11.9. The Balaban J connectivity index is 1.78. The molecule has 2 bridgehead atoms. The highest BCUT2D eigenvalue weighted by Gasteiger charge is 2.72. The van der Waals surface area contributed by atoms with Crippen LogP contribution in [0, 0.1) is 0 Å². The van der Waals surface area contributed by atoms with Crippen molar-refractivity contribution >= 4 is 0 Å². The molecule has 1 saturated carbocycles. The van der Waals surface area contributed by atoms with Crippen LogP contribution in [0.15, 0.2) is 24.8 Å². The predicted octanol–water partition coefficient (Wildman–Crippen LogP) is 1.09. The maximum absolute atomic E-state index is 11.9. The van der Waals surface area contributed by atoms with E-state index < -0.39 is 23.2 Å². The molecular formula is C19H23NO4. The molecule has 24 heavy (non-hydrogen) atoms. The number of aromatic hydroxyl groups is 1. The lowest BCUT2D eigenvalue weighted by atomic mass is 9.48. The third-order valence-corrected chi connectivity index (χ3v) is 6.91. The maximum Gasteiger partial charge on any atom is 0.165 e. The van der Waals surface area contributed by atoms with Crippen LogP contribution in [0.4, 0.5) is 0 Å². The van der Waals surface area contributed by atoms with Gasteiger partial charge >= 0.3 is 0 Å². The van der Waals surface area contributed by atoms with Gasteiger partial charge in [-0.2, -0.15) is 0 Å². The van der Waals surface area contributed by atoms with Crippen LogP contribution in [0.3, 0.4) is 0 Å². The van der Waals surface area contributed by atoms with E-state index in [1.165, 1.54) is 0 Å². The fourth-order valence-electron chi connectivity index (χ4n) is 5.99. The Labute approximate surface area is 141 Å². The Hall–Kier alpha value is -1.56. The monoisotopic (exact) mass is 329 g/mol. The summed E-state index contributed by atoms with van der Waals surface area (Å²) in [4.78, 5) is 2.31. The molecule has 1 aromatic rings. The molecule has 5 atom stereocenters. The van der Waals surface area contributed by atoms with Crippen LogP contribution in [0.25, 0.3) is 0 Å². The Bertz CT molecular complexity index is 734. The second kappa shape index (κ2) is 4.54. The van der Waals surface area contributed by atoms with E-state index in [1.807, 2.05) is 12.1 Å². The van der Waals surface area contributed by atoms with Crippen molar-refractivity contribution in [1.29, 1.82) is 0 Å². The van der Waals surface area contributed by atoms with Gasteiger partial charge in [-0.15, -0.1) is 6.58 Å². The van der Waals surface area contributed by atoms with Crippen LogP contribution in [-0.2, 0) is 11.8 Å². The molecule has 0 aromatic heterocycles. The van der Waals surface area contributed by atoms with E-state index in [2.05, 4.69) is 11.5 Å². The number of phenols is 1. The zero-order valence-electron chi connectivity index (χ0n) is 13.6. The first-order valence-corrected chi connectivity index (χ1v) is 8.80. The quantitative estimate of drug-likeness (QED) is 0.709. The normalized spacial score (nSPS) is 42.3. The number of piperidine rings is 1. The summed E-state index contributed by atoms with van der Waals surface area (Å²) in [5, 5.41) is 32.8. The van der Waals surface area contributed by atoms with Crippen molar-refractivity contribution < 1.29 is 20.1 Å². The number of rotatable bonds is 2. The molecule has 0 unspecified atom stereocenters. The lowest BCUT2D eigenvalue weighted by Gasteiger charge is -2.63. The van der Waals surface area contributed by atoms with E-state index in [9.17, 15) is 15.3 Å². The van der Waals surface area contributed by atoms with E-state index >= 15 is 0 Å². The van der Waals surface area contributed by atoms with Gasteiger partial charge in [-0.25, -0.2) is 0 Å². The lowest BCUT2D eigenvalue weighted by Crippen LogP contribution is -2.77. The third-order valence-electron chi connectivity index (χ3n) is 6.91. The predicted molar refractivity (Wildman–Crippen MR) is 88.3 cm³/mol. The van der Waals surface area contributed by atoms with E-state index in [4.69, 9.17) is 4.74 Å². The molecule has 5 rings (SSSR count). The molecule has 0 radical (unpaired) electrons. The van der Waals surface area contributed by atoms with Crippen molar-refractivity contribution in [2.45, 2.75) is 54.9 Å². The first-order chi connectivity index (χ1) is 11.5. The number of benzene rings is 1. The number of aliphatic hydroxyl groups excluding tert-OH is 1. The minimum atomic E-state index is -0.940. The molecule has 5 heteroatoms. The van der Waals surface area contributed by atoms with Crippen LogP contribution >= 0.6 is 0 Å². The SMILES string of the molecule is C=CCN1CC[C@]23c4c5ccc(O)c4O[C@H]2[C@H](O)CC[C@@]3(O)[C@H]1C5. The molecule has 2 aliphatic heterocycles. The summed E-state index contributed by atoms with van der Waals surface area (Å²) in [6.07, 6.45) is 3.33. The molecule has 128 valence electrons. The fraction of sp³-hybridized carbons (Fsp3) is 0.579. The van der Waals surface area contributed by atoms with E-state index in [1.54, 1.807) is 6.07 Å². The van der Waals surface area contributed by atoms with Gasteiger partial charge in [-0.05, 0) is 43.9 Å². The molecule has 1 aromatic carbocycles. The zero-order chi connectivity index (χ0) is 16.7. The molecule has 2 aliphatic carbocycles. The highest BCUT2D eigenvalue weighted by molar-refractivity contribution is 5.62. The molecule has 0 amide bonds. The van der Waals surface area contributed by atoms with Gasteiger partial charge in [0.2, 0.25) is 0 Å². The summed E-state index contributed by atoms with van der Waals surface area (Å²) < 4.78 is 6.08. The van der Waals surface area contributed by atoms with Crippen molar-refractivity contribution in [3.05, 3.63) is 35.9 Å². The van der Waals surface area contributed by atoms with Gasteiger partial charge in [-0.3, -0.25) is 4.90 Å². The van der Waals surface area contributed by atoms with Gasteiger partial charge in [-0.1, -0.05) is 12.1 Å². The second-order valence-electron chi connectivity index (χ2n) is 7.74. The molecule has 2 heterocycles. The fourth-order valence-corrected chi connectivity index (χ4v) is 5.99. The van der Waals surface area contributed by atoms with Crippen molar-refractivity contribution in [2.24, 2.45) is 0 Å². The average molecular weight is 329 g/mol. The Kier molecular flexibility index (Phi) is 2.79. The smallest absolute Gasteiger partial charge is 0.165 e. The van der Waals surface area contributed by atoms with Crippen LogP contribution in [0.2, 0.25) is 0 Å². The summed E-state index contributed by atoms with van der Waals surface area (Å²) in [6, 6.07) is 3.62. The van der Waals surface area contributed by atoms with Crippen LogP contribution in [0.5, 0.6) is 11.5 Å². The Morgan fingerprint density at radius 3 is 3.00 bits per heavy atom. The van der Waals surface area contributed by atoms with Gasteiger partial charge < -0.3 is 20.1 Å². The van der Waals surface area contributed by atoms with Crippen molar-refractivity contribution in [3.63, 3.8) is 0 Å². The number of nitrogens with zero attached hydrogens (tertiary/aromatic N) is 1. The summed E-state index contributed by atoms with van der Waals surface area (Å²) in [7, 11) is 0. The summed E-state index contributed by atoms with van der Waals surface area (Å²) in [6.45, 7) is 5.44. The first kappa shape index (κ1) is 14.8. The molecule has 1 saturated heterocycles. The second-order valence-corrected chi connectivity index (χ2v) is 7.74. The van der Waals surface area contributed by atoms with Gasteiger partial charge in [0.05, 0.1) is 17.1 Å². The lowest BCUT2D eigenvalue weighted by molar-refractivity contribution is -0.206. The topological polar surface area (TPSA) is 73.2 Å². The Morgan fingerprint density at radius 1 is 1.38 bits per heavy atom. The molecular weight excluding hydrogens is 306 g/mol. The third kappa shape index (κ3) is 1.43. The largest absolute Gasteiger partial charge is 0.504 e. The van der Waals surface area contributed by atoms with E-state index in [-0.39, 0.29) is 11.8 Å². The van der Waals surface area contributed by atoms with Crippen molar-refractivity contribution in [1.82, 2.24) is 4.90 Å². The average Bonchev–Trinajstić information content (AvgIpc) is 2.91. The van der Waals surface area contributed by atoms with Gasteiger partial charge in [0.1, 0.15) is 6.10 Å². The molecule has 4 aliphatic rings. The first-order valence-electron chi connectivity index (χ1n) is 8.80. The van der Waals surface area contributed by atoms with Gasteiger partial charge in [0.15, 0.2) is 11.5 Å². The number of hydrogen-bond donors (Lipinski definition) is 3. The molecule has 3 N–H and O–H groups in total. The molecule has 1 spiro atoms. The number of likely N-dealkylation sites (tertiary alicyclic amines) is 1. The standard InChI is InChI=1S/C19H23NO4/c1-2-8-20-9-7-18-15-11-3-4-12(21)16(15)24-17(18)13(22)5-6-19(18,23)14(20)10-11/h2-4,13-14,17,21-23H,1,5-10H2/t13-,14-,17+,18+,19-/m1/s1. The number of hydrogen-bond acceptors (Lipinski definition) is 5. The van der Waals surface area contributed by atoms with Crippen molar-refractivity contribution in [3.8, 4) is 11.5 Å². The number of aliphatic hydroxyl groups is 2. The van der Waals surface area contributed by atoms with E-state index in [0.717, 1.165) is 37.1 Å². The molecule has 2 fully saturated rings. The number of ether oxygens (including phenoxy) is 1. The summed E-state index contributed by atoms with van der Waals surface area (Å²) in [5.74, 6) is 0.589. The zero-order valence-corrected chi connectivity index (χ0v) is 13.6. The highest BCUT2D eigenvalue weighted by atomic mass is 16.5. The van der Waals surface area contributed by atoms with Gasteiger partial charge in [0, 0.05) is 18.2 Å². The van der Waals surface area contributed by atoms with Gasteiger partial charge in [0.25, 0.3) is 0 Å². The Morgan fingerprint density at radius 2 is 2.21 bits per heavy atom. The van der Waals surface area contributed by atoms with Crippen molar-refractivity contribution in [2.75, 3.05) is 13.1 Å². The summed E-state index contributed by atoms with van der Waals surface area (Å²) >= 11 is 0. The highest BCUT2D eigenvalue weighted by Crippen LogP contribution is 2.65.